The Hall–Kier alpha value is -0.450. The number of ether oxygens (including phenoxy) is 1. The second kappa shape index (κ2) is 3.04. The van der Waals surface area contributed by atoms with Crippen LogP contribution in [0.3, 0.4) is 0 Å². The van der Waals surface area contributed by atoms with Crippen molar-refractivity contribution >= 4 is 28.3 Å². The molecule has 2 nitrogen and oxygen atoms in total. The Morgan fingerprint density at radius 3 is 3.00 bits per heavy atom. The lowest BCUT2D eigenvalue weighted by Gasteiger charge is -2.33. The van der Waals surface area contributed by atoms with Crippen LogP contribution >= 0.6 is 22.6 Å². The van der Waals surface area contributed by atoms with Gasteiger partial charge in [-0.25, -0.2) is 0 Å². The van der Waals surface area contributed by atoms with Crippen molar-refractivity contribution in [3.8, 4) is 5.75 Å². The highest BCUT2D eigenvalue weighted by atomic mass is 127. The molecule has 0 amide bonds. The van der Waals surface area contributed by atoms with Crippen LogP contribution in [0.25, 0.3) is 0 Å². The van der Waals surface area contributed by atoms with Crippen molar-refractivity contribution in [3.05, 3.63) is 21.8 Å². The fourth-order valence-electron chi connectivity index (χ4n) is 1.37. The maximum atomic E-state index is 5.81. The third-order valence-corrected chi connectivity index (χ3v) is 2.70. The molecule has 13 heavy (non-hydrogen) atoms. The molecule has 1 aliphatic rings. The standard InChI is InChI=1S/C10H12INO/c1-10(2)6-12-8-5-7(11)3-4-9(8)13-10/h3-5,12H,6H2,1-2H3. The Morgan fingerprint density at radius 1 is 1.46 bits per heavy atom. The smallest absolute Gasteiger partial charge is 0.143 e. The predicted octanol–water partition coefficient (Wildman–Crippen LogP) is 2.87. The number of rotatable bonds is 0. The van der Waals surface area contributed by atoms with Gasteiger partial charge in [0, 0.05) is 3.57 Å². The molecule has 0 spiro atoms. The molecule has 0 atom stereocenters. The van der Waals surface area contributed by atoms with Crippen LogP contribution in [0, 0.1) is 3.57 Å². The average Bonchev–Trinajstić information content (AvgIpc) is 2.05. The van der Waals surface area contributed by atoms with Crippen LogP contribution in [-0.2, 0) is 0 Å². The third-order valence-electron chi connectivity index (χ3n) is 2.03. The van der Waals surface area contributed by atoms with Crippen molar-refractivity contribution in [2.75, 3.05) is 11.9 Å². The van der Waals surface area contributed by atoms with E-state index < -0.39 is 0 Å². The summed E-state index contributed by atoms with van der Waals surface area (Å²) >= 11 is 2.30. The molecule has 0 saturated heterocycles. The molecule has 0 fully saturated rings. The van der Waals surface area contributed by atoms with Gasteiger partial charge in [0.05, 0.1) is 12.2 Å². The first-order valence-electron chi connectivity index (χ1n) is 4.29. The summed E-state index contributed by atoms with van der Waals surface area (Å²) < 4.78 is 7.04. The van der Waals surface area contributed by atoms with E-state index in [4.69, 9.17) is 4.74 Å². The zero-order chi connectivity index (χ0) is 9.47. The summed E-state index contributed by atoms with van der Waals surface area (Å²) in [5, 5.41) is 3.36. The SMILES string of the molecule is CC1(C)CNc2cc(I)ccc2O1. The summed E-state index contributed by atoms with van der Waals surface area (Å²) in [5.41, 5.74) is 1.01. The van der Waals surface area contributed by atoms with Crippen molar-refractivity contribution in [3.63, 3.8) is 0 Å². The monoisotopic (exact) mass is 289 g/mol. The zero-order valence-electron chi connectivity index (χ0n) is 7.73. The molecule has 0 bridgehead atoms. The van der Waals surface area contributed by atoms with Gasteiger partial charge < -0.3 is 10.1 Å². The summed E-state index contributed by atoms with van der Waals surface area (Å²) in [6.07, 6.45) is 0. The second-order valence-corrected chi connectivity index (χ2v) is 5.10. The highest BCUT2D eigenvalue weighted by Crippen LogP contribution is 2.33. The number of benzene rings is 1. The lowest BCUT2D eigenvalue weighted by atomic mass is 10.1. The van der Waals surface area contributed by atoms with Crippen molar-refractivity contribution in [1.29, 1.82) is 0 Å². The van der Waals surface area contributed by atoms with E-state index in [1.807, 2.05) is 6.07 Å². The number of anilines is 1. The molecule has 0 radical (unpaired) electrons. The predicted molar refractivity (Wildman–Crippen MR) is 62.4 cm³/mol. The molecule has 0 saturated carbocycles. The maximum absolute atomic E-state index is 5.81. The lowest BCUT2D eigenvalue weighted by molar-refractivity contribution is 0.116. The summed E-state index contributed by atoms with van der Waals surface area (Å²) in [5.74, 6) is 0.955. The van der Waals surface area contributed by atoms with Crippen molar-refractivity contribution < 1.29 is 4.74 Å². The Kier molecular flexibility index (Phi) is 2.14. The van der Waals surface area contributed by atoms with Gasteiger partial charge in [-0.15, -0.1) is 0 Å². The molecule has 2 rings (SSSR count). The van der Waals surface area contributed by atoms with E-state index in [2.05, 4.69) is 53.9 Å². The quantitative estimate of drug-likeness (QED) is 0.742. The summed E-state index contributed by atoms with van der Waals surface area (Å²) in [7, 11) is 0. The number of halogens is 1. The molecular weight excluding hydrogens is 277 g/mol. The zero-order valence-corrected chi connectivity index (χ0v) is 9.88. The van der Waals surface area contributed by atoms with Gasteiger partial charge in [-0.05, 0) is 54.6 Å². The summed E-state index contributed by atoms with van der Waals surface area (Å²) in [6.45, 7) is 5.03. The van der Waals surface area contributed by atoms with Gasteiger partial charge in [-0.2, -0.15) is 0 Å². The fraction of sp³-hybridized carbons (Fsp3) is 0.400. The molecular formula is C10H12INO. The largest absolute Gasteiger partial charge is 0.484 e. The van der Waals surface area contributed by atoms with Crippen molar-refractivity contribution in [1.82, 2.24) is 0 Å². The van der Waals surface area contributed by atoms with Gasteiger partial charge in [-0.3, -0.25) is 0 Å². The number of hydrogen-bond donors (Lipinski definition) is 1. The molecule has 1 aromatic rings. The Balaban J connectivity index is 2.37. The first kappa shape index (κ1) is 9.12. The van der Waals surface area contributed by atoms with E-state index in [9.17, 15) is 0 Å². The number of hydrogen-bond acceptors (Lipinski definition) is 2. The minimum atomic E-state index is -0.0974. The van der Waals surface area contributed by atoms with E-state index in [-0.39, 0.29) is 5.60 Å². The van der Waals surface area contributed by atoms with E-state index in [1.54, 1.807) is 0 Å². The van der Waals surface area contributed by atoms with Gasteiger partial charge in [0.2, 0.25) is 0 Å². The van der Waals surface area contributed by atoms with E-state index in [0.717, 1.165) is 18.0 Å². The molecule has 1 N–H and O–H groups in total. The Labute approximate surface area is 91.8 Å². The molecule has 1 aromatic carbocycles. The van der Waals surface area contributed by atoms with Gasteiger partial charge >= 0.3 is 0 Å². The highest BCUT2D eigenvalue weighted by molar-refractivity contribution is 14.1. The van der Waals surface area contributed by atoms with E-state index >= 15 is 0 Å². The molecule has 0 aliphatic carbocycles. The second-order valence-electron chi connectivity index (χ2n) is 3.86. The Bertz CT molecular complexity index is 336. The van der Waals surface area contributed by atoms with Crippen LogP contribution in [0.1, 0.15) is 13.8 Å². The van der Waals surface area contributed by atoms with Crippen LogP contribution in [0.2, 0.25) is 0 Å². The van der Waals surface area contributed by atoms with E-state index in [1.165, 1.54) is 3.57 Å². The number of fused-ring (bicyclic) bond motifs is 1. The molecule has 70 valence electrons. The fourth-order valence-corrected chi connectivity index (χ4v) is 1.86. The Morgan fingerprint density at radius 2 is 2.23 bits per heavy atom. The van der Waals surface area contributed by atoms with Crippen LogP contribution in [0.4, 0.5) is 5.69 Å². The summed E-state index contributed by atoms with van der Waals surface area (Å²) in [6, 6.07) is 6.18. The van der Waals surface area contributed by atoms with Gasteiger partial charge in [0.1, 0.15) is 11.4 Å². The molecule has 1 aliphatic heterocycles. The normalized spacial score (nSPS) is 18.4. The maximum Gasteiger partial charge on any atom is 0.143 e. The molecule has 0 unspecified atom stereocenters. The van der Waals surface area contributed by atoms with Gasteiger partial charge in [-0.1, -0.05) is 0 Å². The molecule has 3 heteroatoms. The van der Waals surface area contributed by atoms with E-state index in [0.29, 0.717) is 0 Å². The van der Waals surface area contributed by atoms with Gasteiger partial charge in [0.25, 0.3) is 0 Å². The van der Waals surface area contributed by atoms with Crippen LogP contribution in [-0.4, -0.2) is 12.1 Å². The van der Waals surface area contributed by atoms with Crippen molar-refractivity contribution in [2.45, 2.75) is 19.4 Å². The first-order valence-corrected chi connectivity index (χ1v) is 5.37. The first-order chi connectivity index (χ1) is 6.07. The van der Waals surface area contributed by atoms with Crippen LogP contribution in [0.5, 0.6) is 5.75 Å². The van der Waals surface area contributed by atoms with Crippen molar-refractivity contribution in [2.24, 2.45) is 0 Å². The molecule has 0 aromatic heterocycles. The average molecular weight is 289 g/mol. The topological polar surface area (TPSA) is 21.3 Å². The van der Waals surface area contributed by atoms with Gasteiger partial charge in [0.15, 0.2) is 0 Å². The summed E-state index contributed by atoms with van der Waals surface area (Å²) in [4.78, 5) is 0. The van der Waals surface area contributed by atoms with Crippen LogP contribution < -0.4 is 10.1 Å². The lowest BCUT2D eigenvalue weighted by Crippen LogP contribution is -2.39. The highest BCUT2D eigenvalue weighted by Gasteiger charge is 2.25. The third kappa shape index (κ3) is 1.90. The minimum absolute atomic E-state index is 0.0974. The van der Waals surface area contributed by atoms with Crippen LogP contribution in [0.15, 0.2) is 18.2 Å². The number of nitrogens with one attached hydrogen (secondary N) is 1. The minimum Gasteiger partial charge on any atom is -0.484 e. The molecule has 1 heterocycles.